The highest BCUT2D eigenvalue weighted by Crippen LogP contribution is 2.27. The van der Waals surface area contributed by atoms with Crippen LogP contribution in [0.15, 0.2) is 36.4 Å². The molecule has 0 atom stereocenters. The number of aromatic nitrogens is 1. The van der Waals surface area contributed by atoms with E-state index in [1.54, 1.807) is 0 Å². The summed E-state index contributed by atoms with van der Waals surface area (Å²) in [5.74, 6) is 0. The molecule has 0 unspecified atom stereocenters. The van der Waals surface area contributed by atoms with Gasteiger partial charge in [-0.25, -0.2) is 0 Å². The number of fused-ring (bicyclic) bond motifs is 2. The number of hydrogen-bond acceptors (Lipinski definition) is 1. The van der Waals surface area contributed by atoms with Crippen molar-refractivity contribution in [3.8, 4) is 0 Å². The molecule has 0 aliphatic carbocycles. The van der Waals surface area contributed by atoms with Crippen molar-refractivity contribution >= 4 is 21.5 Å². The fraction of sp³-hybridized carbons (Fsp3) is 0.188. The lowest BCUT2D eigenvalue weighted by molar-refractivity contribution is 1.12. The van der Waals surface area contributed by atoms with Gasteiger partial charge in [0, 0.05) is 16.8 Å². The molecule has 84 valence electrons. The van der Waals surface area contributed by atoms with E-state index in [4.69, 9.17) is 0 Å². The molecule has 0 aliphatic heterocycles. The minimum atomic E-state index is 1.12. The molecule has 1 heterocycles. The molecule has 1 heteroatoms. The molecule has 0 saturated heterocycles. The summed E-state index contributed by atoms with van der Waals surface area (Å²) in [5.41, 5.74) is 3.54. The summed E-state index contributed by atoms with van der Waals surface area (Å²) in [7, 11) is 0. The van der Waals surface area contributed by atoms with Crippen LogP contribution in [0.5, 0.6) is 0 Å². The molecule has 0 aliphatic rings. The maximum atomic E-state index is 4.61. The van der Waals surface area contributed by atoms with Crippen molar-refractivity contribution in [2.75, 3.05) is 0 Å². The first-order valence-corrected chi connectivity index (χ1v) is 5.93. The molecule has 0 fully saturated rings. The van der Waals surface area contributed by atoms with E-state index in [-0.39, 0.29) is 0 Å². The molecular weight excluding hydrogens is 206 g/mol. The van der Waals surface area contributed by atoms with Gasteiger partial charge in [0.15, 0.2) is 0 Å². The molecule has 0 radical (unpaired) electrons. The summed E-state index contributed by atoms with van der Waals surface area (Å²) in [6.07, 6.45) is 0. The normalized spacial score (nSPS) is 11.2. The Balaban J connectivity index is 2.56. The summed E-state index contributed by atoms with van der Waals surface area (Å²) in [6, 6.07) is 13.0. The van der Waals surface area contributed by atoms with E-state index in [0.717, 1.165) is 11.4 Å². The Morgan fingerprint density at radius 1 is 0.765 bits per heavy atom. The highest BCUT2D eigenvalue weighted by atomic mass is 14.7. The van der Waals surface area contributed by atoms with Crippen LogP contribution in [-0.2, 0) is 0 Å². The Kier molecular flexibility index (Phi) is 2.15. The first kappa shape index (κ1) is 10.3. The average Bonchev–Trinajstić information content (AvgIpc) is 2.34. The van der Waals surface area contributed by atoms with Crippen LogP contribution in [0.25, 0.3) is 21.5 Å². The van der Waals surface area contributed by atoms with Crippen LogP contribution < -0.4 is 0 Å². The minimum Gasteiger partial charge on any atom is -0.258 e. The molecule has 0 spiro atoms. The highest BCUT2D eigenvalue weighted by Gasteiger charge is 2.06. The minimum absolute atomic E-state index is 1.12. The molecule has 1 aromatic heterocycles. The first-order valence-electron chi connectivity index (χ1n) is 5.93. The van der Waals surface area contributed by atoms with Crippen molar-refractivity contribution in [2.45, 2.75) is 20.8 Å². The molecular formula is C16H15N. The van der Waals surface area contributed by atoms with E-state index < -0.39 is 0 Å². The van der Waals surface area contributed by atoms with Gasteiger partial charge in [-0.2, -0.15) is 0 Å². The summed E-state index contributed by atoms with van der Waals surface area (Å²) in [5, 5.41) is 5.18. The molecule has 3 aromatic rings. The number of rotatable bonds is 0. The number of benzene rings is 2. The van der Waals surface area contributed by atoms with E-state index in [9.17, 15) is 0 Å². The van der Waals surface area contributed by atoms with Crippen molar-refractivity contribution in [3.05, 3.63) is 53.3 Å². The van der Waals surface area contributed by atoms with E-state index in [2.05, 4.69) is 62.2 Å². The quantitative estimate of drug-likeness (QED) is 0.515. The zero-order chi connectivity index (χ0) is 12.0. The van der Waals surface area contributed by atoms with E-state index in [0.29, 0.717) is 0 Å². The van der Waals surface area contributed by atoms with E-state index >= 15 is 0 Å². The van der Waals surface area contributed by atoms with Gasteiger partial charge in [-0.1, -0.05) is 24.3 Å². The Morgan fingerprint density at radius 3 is 2.00 bits per heavy atom. The number of aryl methyl sites for hydroxylation is 3. The lowest BCUT2D eigenvalue weighted by Gasteiger charge is -2.10. The third kappa shape index (κ3) is 1.50. The van der Waals surface area contributed by atoms with Crippen LogP contribution in [0, 0.1) is 20.8 Å². The molecule has 0 bridgehead atoms. The molecule has 0 N–H and O–H groups in total. The summed E-state index contributed by atoms with van der Waals surface area (Å²) in [6.45, 7) is 6.32. The molecule has 17 heavy (non-hydrogen) atoms. The van der Waals surface area contributed by atoms with E-state index in [1.807, 2.05) is 0 Å². The topological polar surface area (TPSA) is 12.9 Å². The van der Waals surface area contributed by atoms with Crippen LogP contribution in [-0.4, -0.2) is 4.98 Å². The third-order valence-corrected chi connectivity index (χ3v) is 3.56. The molecule has 2 aromatic carbocycles. The van der Waals surface area contributed by atoms with Crippen molar-refractivity contribution < 1.29 is 0 Å². The second kappa shape index (κ2) is 3.56. The molecule has 3 rings (SSSR count). The number of pyridine rings is 1. The van der Waals surface area contributed by atoms with Gasteiger partial charge in [-0.05, 0) is 54.6 Å². The van der Waals surface area contributed by atoms with Crippen LogP contribution in [0.2, 0.25) is 0 Å². The lowest BCUT2D eigenvalue weighted by atomic mass is 9.99. The third-order valence-electron chi connectivity index (χ3n) is 3.56. The van der Waals surface area contributed by atoms with Gasteiger partial charge in [0.25, 0.3) is 0 Å². The second-order valence-corrected chi connectivity index (χ2v) is 4.65. The van der Waals surface area contributed by atoms with Gasteiger partial charge < -0.3 is 0 Å². The average molecular weight is 221 g/mol. The number of nitrogens with zero attached hydrogens (tertiary/aromatic N) is 1. The summed E-state index contributed by atoms with van der Waals surface area (Å²) >= 11 is 0. The van der Waals surface area contributed by atoms with Crippen LogP contribution in [0.4, 0.5) is 0 Å². The zero-order valence-electron chi connectivity index (χ0n) is 10.4. The summed E-state index contributed by atoms with van der Waals surface area (Å²) in [4.78, 5) is 4.61. The fourth-order valence-corrected chi connectivity index (χ4v) is 2.44. The second-order valence-electron chi connectivity index (χ2n) is 4.65. The van der Waals surface area contributed by atoms with E-state index in [1.165, 1.54) is 27.1 Å². The number of hydrogen-bond donors (Lipinski definition) is 0. The lowest BCUT2D eigenvalue weighted by Crippen LogP contribution is -1.93. The van der Waals surface area contributed by atoms with Gasteiger partial charge in [0.1, 0.15) is 0 Å². The predicted molar refractivity (Wildman–Crippen MR) is 73.5 cm³/mol. The standard InChI is InChI=1S/C16H15N/c1-10-11(2)17-12(3)16-9-14-7-5-4-6-13(14)8-15(10)16/h4-9H,1-3H3. The fourth-order valence-electron chi connectivity index (χ4n) is 2.44. The Labute approximate surface area is 101 Å². The molecule has 0 amide bonds. The molecule has 1 nitrogen and oxygen atoms in total. The van der Waals surface area contributed by atoms with Crippen molar-refractivity contribution in [2.24, 2.45) is 0 Å². The van der Waals surface area contributed by atoms with Crippen LogP contribution in [0.1, 0.15) is 17.0 Å². The molecule has 0 saturated carbocycles. The van der Waals surface area contributed by atoms with Gasteiger partial charge in [0.2, 0.25) is 0 Å². The Hall–Kier alpha value is -1.89. The maximum absolute atomic E-state index is 4.61. The SMILES string of the molecule is Cc1nc(C)c2cc3ccccc3cc2c1C. The van der Waals surface area contributed by atoms with Gasteiger partial charge >= 0.3 is 0 Å². The Morgan fingerprint density at radius 2 is 1.35 bits per heavy atom. The van der Waals surface area contributed by atoms with Gasteiger partial charge in [-0.3, -0.25) is 4.98 Å². The van der Waals surface area contributed by atoms with Crippen molar-refractivity contribution in [1.29, 1.82) is 0 Å². The smallest absolute Gasteiger partial charge is 0.0454 e. The monoisotopic (exact) mass is 221 g/mol. The Bertz CT molecular complexity index is 726. The van der Waals surface area contributed by atoms with Crippen LogP contribution >= 0.6 is 0 Å². The van der Waals surface area contributed by atoms with Gasteiger partial charge in [-0.15, -0.1) is 0 Å². The highest BCUT2D eigenvalue weighted by molar-refractivity contribution is 6.00. The van der Waals surface area contributed by atoms with Crippen LogP contribution in [0.3, 0.4) is 0 Å². The zero-order valence-corrected chi connectivity index (χ0v) is 10.4. The van der Waals surface area contributed by atoms with Crippen molar-refractivity contribution in [3.63, 3.8) is 0 Å². The summed E-state index contributed by atoms with van der Waals surface area (Å²) < 4.78 is 0. The maximum Gasteiger partial charge on any atom is 0.0454 e. The van der Waals surface area contributed by atoms with Gasteiger partial charge in [0.05, 0.1) is 0 Å². The van der Waals surface area contributed by atoms with Crippen molar-refractivity contribution in [1.82, 2.24) is 4.98 Å². The first-order chi connectivity index (χ1) is 8.16. The largest absolute Gasteiger partial charge is 0.258 e. The predicted octanol–water partition coefficient (Wildman–Crippen LogP) is 4.31.